The number of aromatic nitrogens is 2. The van der Waals surface area contributed by atoms with Crippen LogP contribution in [-0.2, 0) is 0 Å². The summed E-state index contributed by atoms with van der Waals surface area (Å²) in [6.45, 7) is 0.838. The van der Waals surface area contributed by atoms with Crippen LogP contribution in [0.2, 0.25) is 0 Å². The highest BCUT2D eigenvalue weighted by molar-refractivity contribution is 6.04. The van der Waals surface area contributed by atoms with E-state index in [-0.39, 0.29) is 12.0 Å². The first-order valence-corrected chi connectivity index (χ1v) is 7.79. The fraction of sp³-hybridized carbons (Fsp3) is 0.222. The van der Waals surface area contributed by atoms with Crippen LogP contribution in [0.1, 0.15) is 10.5 Å². The van der Waals surface area contributed by atoms with Gasteiger partial charge in [-0.1, -0.05) is 30.3 Å². The van der Waals surface area contributed by atoms with E-state index >= 15 is 0 Å². The summed E-state index contributed by atoms with van der Waals surface area (Å²) in [4.78, 5) is 14.3. The van der Waals surface area contributed by atoms with Crippen LogP contribution >= 0.6 is 0 Å². The minimum atomic E-state index is -0.209. The zero-order chi connectivity index (χ0) is 16.5. The van der Waals surface area contributed by atoms with Crippen molar-refractivity contribution in [3.05, 3.63) is 54.2 Å². The maximum absolute atomic E-state index is 12.7. The Morgan fingerprint density at radius 1 is 1.21 bits per heavy atom. The number of H-pyrrole nitrogens is 1. The van der Waals surface area contributed by atoms with E-state index in [9.17, 15) is 4.79 Å². The van der Waals surface area contributed by atoms with E-state index in [4.69, 9.17) is 9.47 Å². The Hall–Kier alpha value is -3.02. The van der Waals surface area contributed by atoms with E-state index in [1.807, 2.05) is 48.5 Å². The number of amides is 1. The predicted octanol–water partition coefficient (Wildman–Crippen LogP) is 2.47. The van der Waals surface area contributed by atoms with Crippen molar-refractivity contribution in [2.45, 2.75) is 6.10 Å². The van der Waals surface area contributed by atoms with Gasteiger partial charge < -0.3 is 14.4 Å². The summed E-state index contributed by atoms with van der Waals surface area (Å²) >= 11 is 0. The zero-order valence-electron chi connectivity index (χ0n) is 13.2. The zero-order valence-corrected chi connectivity index (χ0v) is 13.2. The second-order valence-corrected chi connectivity index (χ2v) is 5.80. The molecular weight excluding hydrogens is 306 g/mol. The maximum atomic E-state index is 12.7. The molecule has 3 aromatic rings. The SMILES string of the molecule is CN(C[C@@H]1COc2ccccc2O1)C(=O)c1n[nH]c2ccccc12. The Balaban J connectivity index is 1.48. The molecule has 0 fully saturated rings. The lowest BCUT2D eigenvalue weighted by Gasteiger charge is -2.29. The smallest absolute Gasteiger partial charge is 0.274 e. The Morgan fingerprint density at radius 3 is 2.83 bits per heavy atom. The van der Waals surface area contributed by atoms with E-state index in [0.29, 0.717) is 24.6 Å². The highest BCUT2D eigenvalue weighted by Crippen LogP contribution is 2.31. The van der Waals surface area contributed by atoms with E-state index in [1.165, 1.54) is 0 Å². The molecule has 2 aromatic carbocycles. The Labute approximate surface area is 139 Å². The van der Waals surface area contributed by atoms with Crippen LogP contribution in [0.4, 0.5) is 0 Å². The number of fused-ring (bicyclic) bond motifs is 2. The van der Waals surface area contributed by atoms with Gasteiger partial charge in [-0.2, -0.15) is 5.10 Å². The Kier molecular flexibility index (Phi) is 3.57. The highest BCUT2D eigenvalue weighted by Gasteiger charge is 2.25. The van der Waals surface area contributed by atoms with Crippen LogP contribution in [0.15, 0.2) is 48.5 Å². The summed E-state index contributed by atoms with van der Waals surface area (Å²) in [5.41, 5.74) is 1.27. The van der Waals surface area contributed by atoms with Crippen LogP contribution in [0.25, 0.3) is 10.9 Å². The first-order chi connectivity index (χ1) is 11.7. The molecule has 1 atom stereocenters. The molecule has 6 heteroatoms. The fourth-order valence-corrected chi connectivity index (χ4v) is 2.85. The van der Waals surface area contributed by atoms with Crippen LogP contribution in [0.5, 0.6) is 11.5 Å². The van der Waals surface area contributed by atoms with E-state index in [2.05, 4.69) is 10.2 Å². The maximum Gasteiger partial charge on any atom is 0.274 e. The van der Waals surface area contributed by atoms with Crippen molar-refractivity contribution in [2.75, 3.05) is 20.2 Å². The van der Waals surface area contributed by atoms with Gasteiger partial charge in [-0.25, -0.2) is 0 Å². The normalized spacial score (nSPS) is 16.1. The lowest BCUT2D eigenvalue weighted by molar-refractivity contribution is 0.0518. The second kappa shape index (κ2) is 5.88. The van der Waals surface area contributed by atoms with Gasteiger partial charge in [0.2, 0.25) is 0 Å². The standard InChI is InChI=1S/C18H17N3O3/c1-21(10-12-11-23-15-8-4-5-9-16(15)24-12)18(22)17-13-6-2-3-7-14(13)19-20-17/h2-9,12H,10-11H2,1H3,(H,19,20)/t12-/m1/s1. The molecule has 0 unspecified atom stereocenters. The number of nitrogens with zero attached hydrogens (tertiary/aromatic N) is 2. The highest BCUT2D eigenvalue weighted by atomic mass is 16.6. The molecule has 0 saturated carbocycles. The quantitative estimate of drug-likeness (QED) is 0.804. The van der Waals surface area contributed by atoms with Gasteiger partial charge in [0.05, 0.1) is 12.1 Å². The summed E-state index contributed by atoms with van der Waals surface area (Å²) in [5, 5.41) is 7.86. The molecule has 122 valence electrons. The molecular formula is C18H17N3O3. The molecule has 1 aliphatic heterocycles. The fourth-order valence-electron chi connectivity index (χ4n) is 2.85. The average Bonchev–Trinajstić information content (AvgIpc) is 3.05. The van der Waals surface area contributed by atoms with Crippen LogP contribution in [0, 0.1) is 0 Å². The van der Waals surface area contributed by atoms with E-state index < -0.39 is 0 Å². The topological polar surface area (TPSA) is 67.5 Å². The number of carbonyl (C=O) groups excluding carboxylic acids is 1. The first kappa shape index (κ1) is 14.6. The largest absolute Gasteiger partial charge is 0.486 e. The van der Waals surface area contributed by atoms with Crippen molar-refractivity contribution in [3.8, 4) is 11.5 Å². The summed E-state index contributed by atoms with van der Waals surface area (Å²) in [6.07, 6.45) is -0.209. The number of hydrogen-bond donors (Lipinski definition) is 1. The summed E-state index contributed by atoms with van der Waals surface area (Å²) in [6, 6.07) is 15.1. The number of benzene rings is 2. The molecule has 0 aliphatic carbocycles. The Bertz CT molecular complexity index is 890. The number of ether oxygens (including phenoxy) is 2. The van der Waals surface area contributed by atoms with Gasteiger partial charge in [-0.05, 0) is 18.2 Å². The van der Waals surface area contributed by atoms with Crippen molar-refractivity contribution < 1.29 is 14.3 Å². The lowest BCUT2D eigenvalue weighted by Crippen LogP contribution is -2.41. The van der Waals surface area contributed by atoms with Crippen molar-refractivity contribution in [1.29, 1.82) is 0 Å². The van der Waals surface area contributed by atoms with Crippen molar-refractivity contribution >= 4 is 16.8 Å². The van der Waals surface area contributed by atoms with Gasteiger partial charge in [-0.3, -0.25) is 9.89 Å². The third-order valence-corrected chi connectivity index (χ3v) is 4.06. The molecule has 6 nitrogen and oxygen atoms in total. The van der Waals surface area contributed by atoms with Crippen LogP contribution < -0.4 is 9.47 Å². The van der Waals surface area contributed by atoms with Crippen molar-refractivity contribution in [3.63, 3.8) is 0 Å². The van der Waals surface area contributed by atoms with Gasteiger partial charge in [0.15, 0.2) is 23.3 Å². The molecule has 0 saturated heterocycles. The van der Waals surface area contributed by atoms with E-state index in [1.54, 1.807) is 11.9 Å². The molecule has 1 amide bonds. The minimum Gasteiger partial charge on any atom is -0.486 e. The van der Waals surface area contributed by atoms with Gasteiger partial charge >= 0.3 is 0 Å². The average molecular weight is 323 g/mol. The van der Waals surface area contributed by atoms with Crippen molar-refractivity contribution in [2.24, 2.45) is 0 Å². The third-order valence-electron chi connectivity index (χ3n) is 4.06. The molecule has 1 aromatic heterocycles. The minimum absolute atomic E-state index is 0.144. The number of rotatable bonds is 3. The molecule has 0 bridgehead atoms. The summed E-state index contributed by atoms with van der Waals surface area (Å²) < 4.78 is 11.6. The number of nitrogens with one attached hydrogen (secondary N) is 1. The molecule has 0 spiro atoms. The predicted molar refractivity (Wildman–Crippen MR) is 89.4 cm³/mol. The molecule has 4 rings (SSSR count). The van der Waals surface area contributed by atoms with Gasteiger partial charge in [0, 0.05) is 12.4 Å². The van der Waals surface area contributed by atoms with Gasteiger partial charge in [0.25, 0.3) is 5.91 Å². The Morgan fingerprint density at radius 2 is 1.96 bits per heavy atom. The number of carbonyl (C=O) groups is 1. The van der Waals surface area contributed by atoms with Gasteiger partial charge in [0.1, 0.15) is 6.61 Å². The molecule has 0 radical (unpaired) electrons. The summed E-state index contributed by atoms with van der Waals surface area (Å²) in [5.74, 6) is 1.30. The van der Waals surface area contributed by atoms with Crippen molar-refractivity contribution in [1.82, 2.24) is 15.1 Å². The molecule has 1 N–H and O–H groups in total. The van der Waals surface area contributed by atoms with Crippen LogP contribution in [0.3, 0.4) is 0 Å². The van der Waals surface area contributed by atoms with E-state index in [0.717, 1.165) is 16.7 Å². The number of para-hydroxylation sites is 3. The molecule has 2 heterocycles. The lowest BCUT2D eigenvalue weighted by atomic mass is 10.2. The third kappa shape index (κ3) is 2.56. The number of likely N-dealkylation sites (N-methyl/N-ethyl adjacent to an activating group) is 1. The number of hydrogen-bond acceptors (Lipinski definition) is 4. The number of aromatic amines is 1. The second-order valence-electron chi connectivity index (χ2n) is 5.80. The monoisotopic (exact) mass is 323 g/mol. The van der Waals surface area contributed by atoms with Crippen LogP contribution in [-0.4, -0.2) is 47.3 Å². The summed E-state index contributed by atoms with van der Waals surface area (Å²) in [7, 11) is 1.75. The van der Waals surface area contributed by atoms with Gasteiger partial charge in [-0.15, -0.1) is 0 Å². The molecule has 1 aliphatic rings. The first-order valence-electron chi connectivity index (χ1n) is 7.79. The molecule has 24 heavy (non-hydrogen) atoms.